The van der Waals surface area contributed by atoms with Gasteiger partial charge in [0.25, 0.3) is 5.91 Å². The average Bonchev–Trinajstić information content (AvgIpc) is 3.21. The van der Waals surface area contributed by atoms with Crippen molar-refractivity contribution in [1.29, 1.82) is 0 Å². The average molecular weight is 451 g/mol. The zero-order valence-electron chi connectivity index (χ0n) is 18.3. The number of methoxy groups -OCH3 is 1. The molecule has 1 unspecified atom stereocenters. The number of para-hydroxylation sites is 1. The van der Waals surface area contributed by atoms with Crippen LogP contribution in [0.1, 0.15) is 22.5 Å². The number of hydrogen-bond acceptors (Lipinski definition) is 7. The summed E-state index contributed by atoms with van der Waals surface area (Å²) >= 11 is 0. The van der Waals surface area contributed by atoms with E-state index in [0.29, 0.717) is 12.2 Å². The summed E-state index contributed by atoms with van der Waals surface area (Å²) in [7, 11) is 1.31. The summed E-state index contributed by atoms with van der Waals surface area (Å²) in [5.41, 5.74) is 1.53. The van der Waals surface area contributed by atoms with E-state index in [1.807, 2.05) is 30.3 Å². The van der Waals surface area contributed by atoms with E-state index >= 15 is 0 Å². The molecule has 9 nitrogen and oxygen atoms in total. The molecule has 3 aromatic rings. The van der Waals surface area contributed by atoms with E-state index in [-0.39, 0.29) is 50.2 Å². The highest BCUT2D eigenvalue weighted by Crippen LogP contribution is 2.21. The monoisotopic (exact) mass is 451 g/mol. The van der Waals surface area contributed by atoms with Crippen molar-refractivity contribution < 1.29 is 28.3 Å². The number of hydrogen-bond donors (Lipinski definition) is 0. The molecule has 1 aromatic carbocycles. The van der Waals surface area contributed by atoms with Crippen molar-refractivity contribution in [1.82, 2.24) is 14.8 Å². The molecule has 33 heavy (non-hydrogen) atoms. The highest BCUT2D eigenvalue weighted by molar-refractivity contribution is 5.98. The van der Waals surface area contributed by atoms with Crippen LogP contribution >= 0.6 is 0 Å². The highest BCUT2D eigenvalue weighted by atomic mass is 16.5. The summed E-state index contributed by atoms with van der Waals surface area (Å²) in [5, 5.41) is 0.812. The number of ether oxygens (including phenoxy) is 2. The normalized spacial score (nSPS) is 16.6. The largest absolute Gasteiger partial charge is 0.469 e. The van der Waals surface area contributed by atoms with Gasteiger partial charge < -0.3 is 23.7 Å². The lowest BCUT2D eigenvalue weighted by atomic mass is 10.2. The third-order valence-electron chi connectivity index (χ3n) is 5.50. The molecule has 2 amide bonds. The molecular weight excluding hydrogens is 426 g/mol. The molecule has 2 aromatic heterocycles. The van der Waals surface area contributed by atoms with Gasteiger partial charge >= 0.3 is 5.97 Å². The zero-order chi connectivity index (χ0) is 23.2. The number of fused-ring (bicyclic) bond motifs is 1. The highest BCUT2D eigenvalue weighted by Gasteiger charge is 2.32. The van der Waals surface area contributed by atoms with Gasteiger partial charge in [-0.05, 0) is 29.8 Å². The number of esters is 1. The number of aromatic nitrogens is 1. The second-order valence-corrected chi connectivity index (χ2v) is 7.79. The number of nitrogens with zero attached hydrogens (tertiary/aromatic N) is 3. The Balaban J connectivity index is 1.52. The second kappa shape index (κ2) is 10.3. The Hall–Kier alpha value is -3.72. The Bertz CT molecular complexity index is 1100. The van der Waals surface area contributed by atoms with E-state index < -0.39 is 12.1 Å². The van der Waals surface area contributed by atoms with E-state index in [4.69, 9.17) is 13.9 Å². The van der Waals surface area contributed by atoms with Crippen LogP contribution in [-0.2, 0) is 25.7 Å². The molecule has 1 saturated heterocycles. The lowest BCUT2D eigenvalue weighted by Gasteiger charge is -2.24. The van der Waals surface area contributed by atoms with Crippen molar-refractivity contribution in [3.63, 3.8) is 0 Å². The van der Waals surface area contributed by atoms with Crippen LogP contribution in [-0.4, -0.2) is 72.0 Å². The lowest BCUT2D eigenvalue weighted by Crippen LogP contribution is -2.40. The molecule has 0 bridgehead atoms. The minimum absolute atomic E-state index is 0.0663. The Labute approximate surface area is 190 Å². The minimum Gasteiger partial charge on any atom is -0.469 e. The van der Waals surface area contributed by atoms with E-state index in [1.165, 1.54) is 12.0 Å². The fraction of sp³-hybridized carbons (Fsp3) is 0.333. The molecule has 3 heterocycles. The van der Waals surface area contributed by atoms with Crippen LogP contribution in [0.15, 0.2) is 59.3 Å². The standard InChI is InChI=1S/C24H25N3O6/c1-31-23(29)8-11-26-13-19(32-16-17-6-9-25-10-7-17)14-27(15-22(26)28)24(30)21-12-18-4-2-3-5-20(18)33-21/h2-7,9-10,12,19H,8,11,13-16H2,1H3. The number of benzene rings is 1. The van der Waals surface area contributed by atoms with Crippen molar-refractivity contribution in [2.75, 3.05) is 33.3 Å². The van der Waals surface area contributed by atoms with Crippen LogP contribution in [0.2, 0.25) is 0 Å². The molecule has 1 fully saturated rings. The molecular formula is C24H25N3O6. The second-order valence-electron chi connectivity index (χ2n) is 7.79. The smallest absolute Gasteiger partial charge is 0.307 e. The van der Waals surface area contributed by atoms with Crippen molar-refractivity contribution in [3.8, 4) is 0 Å². The number of rotatable bonds is 7. The first kappa shape index (κ1) is 22.5. The molecule has 4 rings (SSSR count). The predicted octanol–water partition coefficient (Wildman–Crippen LogP) is 2.26. The van der Waals surface area contributed by atoms with Crippen LogP contribution in [0, 0.1) is 0 Å². The van der Waals surface area contributed by atoms with Gasteiger partial charge in [0.1, 0.15) is 12.1 Å². The van der Waals surface area contributed by atoms with Crippen LogP contribution in [0.5, 0.6) is 0 Å². The SMILES string of the molecule is COC(=O)CCN1CC(OCc2ccncc2)CN(C(=O)c2cc3ccccc3o2)CC1=O. The van der Waals surface area contributed by atoms with Gasteiger partial charge in [-0.1, -0.05) is 18.2 Å². The summed E-state index contributed by atoms with van der Waals surface area (Å²) in [6.07, 6.45) is 2.97. The van der Waals surface area contributed by atoms with Gasteiger partial charge in [0, 0.05) is 37.4 Å². The fourth-order valence-electron chi connectivity index (χ4n) is 3.72. The fourth-order valence-corrected chi connectivity index (χ4v) is 3.72. The maximum absolute atomic E-state index is 13.2. The Kier molecular flexibility index (Phi) is 6.99. The molecule has 1 atom stereocenters. The first-order valence-corrected chi connectivity index (χ1v) is 10.7. The Morgan fingerprint density at radius 3 is 2.70 bits per heavy atom. The van der Waals surface area contributed by atoms with Gasteiger partial charge in [-0.15, -0.1) is 0 Å². The van der Waals surface area contributed by atoms with Gasteiger partial charge in [-0.3, -0.25) is 19.4 Å². The number of carbonyl (C=O) groups is 3. The van der Waals surface area contributed by atoms with Crippen LogP contribution in [0.4, 0.5) is 0 Å². The number of furan rings is 1. The summed E-state index contributed by atoms with van der Waals surface area (Å²) in [5.74, 6) is -0.887. The molecule has 172 valence electrons. The summed E-state index contributed by atoms with van der Waals surface area (Å²) in [6, 6.07) is 12.7. The maximum Gasteiger partial charge on any atom is 0.307 e. The quantitative estimate of drug-likeness (QED) is 0.508. The third kappa shape index (κ3) is 5.56. The number of amides is 2. The van der Waals surface area contributed by atoms with Crippen LogP contribution < -0.4 is 0 Å². The van der Waals surface area contributed by atoms with Gasteiger partial charge in [0.05, 0.1) is 26.2 Å². The molecule has 9 heteroatoms. The summed E-state index contributed by atoms with van der Waals surface area (Å²) in [4.78, 5) is 44.8. The Morgan fingerprint density at radius 1 is 1.15 bits per heavy atom. The van der Waals surface area contributed by atoms with E-state index in [9.17, 15) is 14.4 Å². The van der Waals surface area contributed by atoms with Crippen molar-refractivity contribution in [2.24, 2.45) is 0 Å². The van der Waals surface area contributed by atoms with Crippen LogP contribution in [0.25, 0.3) is 11.0 Å². The van der Waals surface area contributed by atoms with E-state index in [0.717, 1.165) is 10.9 Å². The third-order valence-corrected chi connectivity index (χ3v) is 5.50. The lowest BCUT2D eigenvalue weighted by molar-refractivity contribution is -0.142. The Morgan fingerprint density at radius 2 is 1.94 bits per heavy atom. The molecule has 1 aliphatic heterocycles. The predicted molar refractivity (Wildman–Crippen MR) is 118 cm³/mol. The summed E-state index contributed by atoms with van der Waals surface area (Å²) in [6.45, 7) is 0.824. The molecule has 1 aliphatic rings. The zero-order valence-corrected chi connectivity index (χ0v) is 18.3. The number of carbonyl (C=O) groups excluding carboxylic acids is 3. The topological polar surface area (TPSA) is 102 Å². The van der Waals surface area contributed by atoms with Gasteiger partial charge in [-0.2, -0.15) is 0 Å². The molecule has 0 spiro atoms. The minimum atomic E-state index is -0.449. The maximum atomic E-state index is 13.2. The van der Waals surface area contributed by atoms with Crippen molar-refractivity contribution in [2.45, 2.75) is 19.1 Å². The van der Waals surface area contributed by atoms with Gasteiger partial charge in [-0.25, -0.2) is 0 Å². The molecule has 0 saturated carbocycles. The first-order valence-electron chi connectivity index (χ1n) is 10.7. The molecule has 0 radical (unpaired) electrons. The first-order chi connectivity index (χ1) is 16.0. The molecule has 0 aliphatic carbocycles. The van der Waals surface area contributed by atoms with Crippen molar-refractivity contribution in [3.05, 3.63) is 66.2 Å². The van der Waals surface area contributed by atoms with E-state index in [1.54, 1.807) is 29.4 Å². The van der Waals surface area contributed by atoms with Gasteiger partial charge in [0.2, 0.25) is 5.91 Å². The van der Waals surface area contributed by atoms with E-state index in [2.05, 4.69) is 4.98 Å². The molecule has 0 N–H and O–H groups in total. The summed E-state index contributed by atoms with van der Waals surface area (Å²) < 4.78 is 16.5. The van der Waals surface area contributed by atoms with Crippen molar-refractivity contribution >= 4 is 28.8 Å². The van der Waals surface area contributed by atoms with Gasteiger partial charge in [0.15, 0.2) is 5.76 Å². The van der Waals surface area contributed by atoms with Crippen LogP contribution in [0.3, 0.4) is 0 Å². The number of pyridine rings is 1.